The molecule has 0 unspecified atom stereocenters. The number of nitrogens with one attached hydrogen (secondary N) is 4. The van der Waals surface area contributed by atoms with Crippen LogP contribution in [0.2, 0.25) is 0 Å². The molecule has 1 aliphatic rings. The summed E-state index contributed by atoms with van der Waals surface area (Å²) in [6, 6.07) is 31.2. The normalized spacial score (nSPS) is 16.5. The molecular formula is C33H28Br2N6O4S. The molecule has 13 heteroatoms. The van der Waals surface area contributed by atoms with Crippen LogP contribution < -0.4 is 20.9 Å². The lowest BCUT2D eigenvalue weighted by Gasteiger charge is -2.31. The van der Waals surface area contributed by atoms with E-state index in [-0.39, 0.29) is 30.2 Å². The highest BCUT2D eigenvalue weighted by molar-refractivity contribution is 9.10. The molecule has 234 valence electrons. The maximum absolute atomic E-state index is 13.7. The first-order chi connectivity index (χ1) is 22.2. The number of amides is 2. The van der Waals surface area contributed by atoms with Crippen molar-refractivity contribution in [2.75, 3.05) is 10.6 Å². The Bertz CT molecular complexity index is 2050. The Balaban J connectivity index is 1.26. The summed E-state index contributed by atoms with van der Waals surface area (Å²) in [6.45, 7) is -0.146. The molecule has 0 aliphatic carbocycles. The van der Waals surface area contributed by atoms with Gasteiger partial charge in [0.2, 0.25) is 10.0 Å². The predicted octanol–water partition coefficient (Wildman–Crippen LogP) is 5.59. The first-order valence-electron chi connectivity index (χ1n) is 14.2. The van der Waals surface area contributed by atoms with Crippen molar-refractivity contribution >= 4 is 76.0 Å². The fourth-order valence-corrected chi connectivity index (χ4v) is 7.08. The summed E-state index contributed by atoms with van der Waals surface area (Å²) in [7, 11) is -3.81. The second kappa shape index (κ2) is 13.6. The minimum Gasteiger partial charge on any atom is -0.341 e. The Kier molecular flexibility index (Phi) is 9.36. The quantitative estimate of drug-likeness (QED) is 0.138. The van der Waals surface area contributed by atoms with Crippen molar-refractivity contribution in [2.24, 2.45) is 4.99 Å². The number of sulfonamides is 1. The smallest absolute Gasteiger partial charge is 0.270 e. The Morgan fingerprint density at radius 1 is 0.891 bits per heavy atom. The van der Waals surface area contributed by atoms with Gasteiger partial charge in [0.15, 0.2) is 0 Å². The molecule has 0 bridgehead atoms. The van der Waals surface area contributed by atoms with Crippen LogP contribution in [0.25, 0.3) is 10.9 Å². The van der Waals surface area contributed by atoms with Gasteiger partial charge in [0.25, 0.3) is 11.8 Å². The van der Waals surface area contributed by atoms with Gasteiger partial charge in [0, 0.05) is 31.6 Å². The van der Waals surface area contributed by atoms with Crippen molar-refractivity contribution in [2.45, 2.75) is 18.6 Å². The van der Waals surface area contributed by atoms with Crippen LogP contribution in [-0.2, 0) is 26.2 Å². The van der Waals surface area contributed by atoms with Crippen molar-refractivity contribution in [3.05, 3.63) is 135 Å². The predicted molar refractivity (Wildman–Crippen MR) is 186 cm³/mol. The highest BCUT2D eigenvalue weighted by Gasteiger charge is 2.34. The van der Waals surface area contributed by atoms with E-state index in [9.17, 15) is 18.0 Å². The Hall–Kier alpha value is -4.30. The molecule has 46 heavy (non-hydrogen) atoms. The van der Waals surface area contributed by atoms with Gasteiger partial charge in [-0.15, -0.1) is 0 Å². The number of para-hydroxylation sites is 1. The average Bonchev–Trinajstić information content (AvgIpc) is 3.39. The first kappa shape index (κ1) is 31.7. The highest BCUT2D eigenvalue weighted by Crippen LogP contribution is 2.37. The Morgan fingerprint density at radius 2 is 1.57 bits per heavy atom. The molecule has 0 spiro atoms. The fourth-order valence-electron chi connectivity index (χ4n) is 5.36. The lowest BCUT2D eigenvalue weighted by Crippen LogP contribution is -2.43. The number of benzene rings is 4. The van der Waals surface area contributed by atoms with Crippen LogP contribution in [0.3, 0.4) is 0 Å². The maximum atomic E-state index is 13.7. The average molecular weight is 765 g/mol. The zero-order valence-corrected chi connectivity index (χ0v) is 28.1. The van der Waals surface area contributed by atoms with Crippen molar-refractivity contribution < 1.29 is 18.0 Å². The van der Waals surface area contributed by atoms with E-state index >= 15 is 0 Å². The number of anilines is 1. The SMILES string of the molecule is O=C(Cn1cc(C2=N[C@@H](c3ccccc3)[C@H](c3ccccc3)NC2=O)c2cc(Br)ccc21)NNCS(=O)(=O)Nc1ccccc1Br. The minimum absolute atomic E-state index is 0.146. The summed E-state index contributed by atoms with van der Waals surface area (Å²) in [4.78, 5) is 31.7. The minimum atomic E-state index is -3.81. The number of aliphatic imine (C=N–C) groups is 1. The number of hydrogen-bond donors (Lipinski definition) is 4. The van der Waals surface area contributed by atoms with E-state index in [4.69, 9.17) is 4.99 Å². The van der Waals surface area contributed by atoms with Crippen molar-refractivity contribution in [1.82, 2.24) is 20.7 Å². The van der Waals surface area contributed by atoms with Gasteiger partial charge in [-0.25, -0.2) is 13.8 Å². The van der Waals surface area contributed by atoms with Crippen molar-refractivity contribution in [3.8, 4) is 0 Å². The largest absolute Gasteiger partial charge is 0.341 e. The molecule has 4 N–H and O–H groups in total. The summed E-state index contributed by atoms with van der Waals surface area (Å²) in [5.41, 5.74) is 8.75. The zero-order valence-electron chi connectivity index (χ0n) is 24.2. The van der Waals surface area contributed by atoms with Crippen LogP contribution in [0.1, 0.15) is 28.8 Å². The first-order valence-corrected chi connectivity index (χ1v) is 17.5. The third-order valence-electron chi connectivity index (χ3n) is 7.43. The summed E-state index contributed by atoms with van der Waals surface area (Å²) >= 11 is 6.84. The van der Waals surface area contributed by atoms with Gasteiger partial charge in [0.1, 0.15) is 24.2 Å². The number of carbonyl (C=O) groups excluding carboxylic acids is 2. The van der Waals surface area contributed by atoms with E-state index in [1.54, 1.807) is 35.0 Å². The van der Waals surface area contributed by atoms with Gasteiger partial charge < -0.3 is 9.88 Å². The lowest BCUT2D eigenvalue weighted by molar-refractivity contribution is -0.122. The fraction of sp³-hybridized carbons (Fsp3) is 0.121. The molecule has 2 amide bonds. The number of fused-ring (bicyclic) bond motifs is 1. The Morgan fingerprint density at radius 3 is 2.28 bits per heavy atom. The van der Waals surface area contributed by atoms with Gasteiger partial charge >= 0.3 is 0 Å². The van der Waals surface area contributed by atoms with Gasteiger partial charge in [0.05, 0.1) is 11.7 Å². The van der Waals surface area contributed by atoms with Gasteiger partial charge in [-0.2, -0.15) is 0 Å². The molecule has 6 rings (SSSR count). The third-order valence-corrected chi connectivity index (χ3v) is 9.67. The summed E-state index contributed by atoms with van der Waals surface area (Å²) in [6.07, 6.45) is 1.73. The highest BCUT2D eigenvalue weighted by atomic mass is 79.9. The number of hydrazine groups is 1. The summed E-state index contributed by atoms with van der Waals surface area (Å²) in [5, 5.41) is 3.91. The maximum Gasteiger partial charge on any atom is 0.270 e. The van der Waals surface area contributed by atoms with E-state index < -0.39 is 21.8 Å². The van der Waals surface area contributed by atoms with Crippen LogP contribution in [0.15, 0.2) is 123 Å². The molecule has 5 aromatic rings. The van der Waals surface area contributed by atoms with Gasteiger partial charge in [-0.3, -0.25) is 24.7 Å². The molecule has 0 saturated carbocycles. The second-order valence-electron chi connectivity index (χ2n) is 10.6. The number of hydrogen-bond acceptors (Lipinski definition) is 6. The van der Waals surface area contributed by atoms with Crippen molar-refractivity contribution in [1.29, 1.82) is 0 Å². The lowest BCUT2D eigenvalue weighted by atomic mass is 9.91. The number of nitrogens with zero attached hydrogens (tertiary/aromatic N) is 2. The van der Waals surface area contributed by atoms with Crippen LogP contribution in [0.4, 0.5) is 5.69 Å². The summed E-state index contributed by atoms with van der Waals surface area (Å²) < 4.78 is 30.6. The molecule has 2 atom stereocenters. The molecular weight excluding hydrogens is 736 g/mol. The molecule has 0 saturated heterocycles. The third kappa shape index (κ3) is 7.07. The van der Waals surface area contributed by atoms with E-state index in [2.05, 4.69) is 52.8 Å². The second-order valence-corrected chi connectivity index (χ2v) is 14.1. The molecule has 1 aliphatic heterocycles. The number of rotatable bonds is 10. The van der Waals surface area contributed by atoms with E-state index in [0.717, 1.165) is 21.0 Å². The van der Waals surface area contributed by atoms with E-state index in [1.165, 1.54) is 0 Å². The number of aromatic nitrogens is 1. The molecule has 0 radical (unpaired) electrons. The van der Waals surface area contributed by atoms with Gasteiger partial charge in [-0.05, 0) is 57.4 Å². The monoisotopic (exact) mass is 762 g/mol. The standard InChI is InChI=1S/C33H28Br2N6O4S/c34-23-15-16-28-24(17-23)25(18-41(28)19-29(42)39-36-20-46(44,45)40-27-14-8-7-13-26(27)35)32-33(43)38-31(22-11-5-2-6-12-22)30(37-32)21-9-3-1-4-10-21/h1-18,30-31,36,40H,19-20H2,(H,38,43)(H,39,42)/t30-,31-/m0/s1. The van der Waals surface area contributed by atoms with Crippen LogP contribution in [0, 0.1) is 0 Å². The van der Waals surface area contributed by atoms with Crippen LogP contribution >= 0.6 is 31.9 Å². The topological polar surface area (TPSA) is 134 Å². The van der Waals surface area contributed by atoms with E-state index in [0.29, 0.717) is 21.2 Å². The number of carbonyl (C=O) groups is 2. The number of halogens is 2. The zero-order chi connectivity index (χ0) is 32.3. The van der Waals surface area contributed by atoms with Gasteiger partial charge in [-0.1, -0.05) is 88.7 Å². The van der Waals surface area contributed by atoms with Crippen LogP contribution in [-0.4, -0.2) is 36.4 Å². The van der Waals surface area contributed by atoms with Crippen LogP contribution in [0.5, 0.6) is 0 Å². The van der Waals surface area contributed by atoms with E-state index in [1.807, 2.05) is 78.9 Å². The molecule has 4 aromatic carbocycles. The molecule has 10 nitrogen and oxygen atoms in total. The molecule has 2 heterocycles. The van der Waals surface area contributed by atoms with Crippen molar-refractivity contribution in [3.63, 3.8) is 0 Å². The molecule has 1 aromatic heterocycles. The summed E-state index contributed by atoms with van der Waals surface area (Å²) in [5.74, 6) is -1.36. The molecule has 0 fully saturated rings. The Labute approximate surface area is 282 Å².